The van der Waals surface area contributed by atoms with Crippen molar-refractivity contribution in [1.29, 1.82) is 0 Å². The number of aromatic nitrogens is 3. The van der Waals surface area contributed by atoms with Gasteiger partial charge < -0.3 is 13.8 Å². The van der Waals surface area contributed by atoms with E-state index in [1.54, 1.807) is 18.2 Å². The fraction of sp³-hybridized carbons (Fsp3) is 0.214. The maximum absolute atomic E-state index is 12.3. The second-order valence-electron chi connectivity index (χ2n) is 9.14. The van der Waals surface area contributed by atoms with Crippen molar-refractivity contribution in [2.45, 2.75) is 38.7 Å². The fourth-order valence-corrected chi connectivity index (χ4v) is 5.08. The topological polar surface area (TPSA) is 87.2 Å². The molecule has 0 aliphatic rings. The average molecular weight is 502 g/mol. The van der Waals surface area contributed by atoms with Gasteiger partial charge in [0.2, 0.25) is 0 Å². The van der Waals surface area contributed by atoms with Crippen LogP contribution in [0.5, 0.6) is 5.75 Å². The first-order valence-electron chi connectivity index (χ1n) is 11.6. The Morgan fingerprint density at radius 2 is 1.75 bits per heavy atom. The van der Waals surface area contributed by atoms with Crippen molar-refractivity contribution in [2.75, 3.05) is 6.26 Å². The first-order chi connectivity index (χ1) is 17.1. The third kappa shape index (κ3) is 4.28. The van der Waals surface area contributed by atoms with Crippen LogP contribution in [0.4, 0.5) is 0 Å². The summed E-state index contributed by atoms with van der Waals surface area (Å²) in [6.45, 7) is 7.63. The smallest absolute Gasteiger partial charge is 0.175 e. The third-order valence-electron chi connectivity index (χ3n) is 6.03. The van der Waals surface area contributed by atoms with E-state index >= 15 is 0 Å². The lowest BCUT2D eigenvalue weighted by Crippen LogP contribution is -2.08. The molecule has 0 saturated carbocycles. The second-order valence-corrected chi connectivity index (χ2v) is 11.2. The summed E-state index contributed by atoms with van der Waals surface area (Å²) in [4.78, 5) is 5.06. The van der Waals surface area contributed by atoms with Gasteiger partial charge in [0.1, 0.15) is 17.2 Å². The Hall–Kier alpha value is -3.91. The Balaban J connectivity index is 1.81. The Morgan fingerprint density at radius 1 is 1.00 bits per heavy atom. The van der Waals surface area contributed by atoms with Gasteiger partial charge in [0.15, 0.2) is 9.84 Å². The molecular formula is C28H27N3O4S. The van der Waals surface area contributed by atoms with Gasteiger partial charge in [-0.05, 0) is 64.1 Å². The van der Waals surface area contributed by atoms with Crippen molar-refractivity contribution in [2.24, 2.45) is 0 Å². The van der Waals surface area contributed by atoms with E-state index in [2.05, 4.69) is 11.2 Å². The largest absolute Gasteiger partial charge is 0.490 e. The lowest BCUT2D eigenvalue weighted by molar-refractivity contribution is 0.243. The molecule has 0 bridgehead atoms. The Labute approximate surface area is 210 Å². The molecule has 5 aromatic rings. The number of fused-ring (bicyclic) bond motifs is 1. The molecule has 3 heterocycles. The van der Waals surface area contributed by atoms with E-state index in [9.17, 15) is 8.42 Å². The van der Waals surface area contributed by atoms with E-state index < -0.39 is 9.84 Å². The van der Waals surface area contributed by atoms with E-state index in [4.69, 9.17) is 14.2 Å². The molecule has 0 spiro atoms. The SMILES string of the molecule is Cc1noc(C)c1-c1cnc2c(c1)c(-c1ccc(S(C)(=O)=O)cc1OC(C)C)cn2-c1ccccc1. The van der Waals surface area contributed by atoms with Crippen molar-refractivity contribution in [3.05, 3.63) is 78.4 Å². The molecule has 0 radical (unpaired) electrons. The molecule has 0 fully saturated rings. The molecule has 0 aliphatic heterocycles. The molecule has 0 amide bonds. The van der Waals surface area contributed by atoms with Crippen LogP contribution >= 0.6 is 0 Å². The molecule has 5 rings (SSSR count). The molecule has 0 N–H and O–H groups in total. The predicted molar refractivity (Wildman–Crippen MR) is 140 cm³/mol. The summed E-state index contributed by atoms with van der Waals surface area (Å²) < 4.78 is 38.1. The van der Waals surface area contributed by atoms with Crippen molar-refractivity contribution >= 4 is 20.9 Å². The molecular weight excluding hydrogens is 474 g/mol. The average Bonchev–Trinajstić information content (AvgIpc) is 3.37. The second kappa shape index (κ2) is 8.95. The van der Waals surface area contributed by atoms with E-state index in [1.807, 2.05) is 75.0 Å². The first-order valence-corrected chi connectivity index (χ1v) is 13.5. The van der Waals surface area contributed by atoms with Gasteiger partial charge in [0.25, 0.3) is 0 Å². The van der Waals surface area contributed by atoms with E-state index in [0.717, 1.165) is 50.4 Å². The Kier molecular flexibility index (Phi) is 5.92. The summed E-state index contributed by atoms with van der Waals surface area (Å²) in [5.74, 6) is 1.22. The summed E-state index contributed by atoms with van der Waals surface area (Å²) in [7, 11) is -3.40. The normalized spacial score (nSPS) is 11.9. The van der Waals surface area contributed by atoms with Gasteiger partial charge in [-0.1, -0.05) is 23.4 Å². The zero-order valence-electron chi connectivity index (χ0n) is 20.8. The summed E-state index contributed by atoms with van der Waals surface area (Å²) in [6, 6.07) is 17.1. The summed E-state index contributed by atoms with van der Waals surface area (Å²) in [6.07, 6.45) is 4.91. The number of benzene rings is 2. The maximum Gasteiger partial charge on any atom is 0.175 e. The molecule has 3 aromatic heterocycles. The van der Waals surface area contributed by atoms with Crippen LogP contribution in [0.1, 0.15) is 25.3 Å². The minimum Gasteiger partial charge on any atom is -0.490 e. The zero-order valence-corrected chi connectivity index (χ0v) is 21.6. The molecule has 36 heavy (non-hydrogen) atoms. The molecule has 184 valence electrons. The number of hydrogen-bond acceptors (Lipinski definition) is 6. The highest BCUT2D eigenvalue weighted by Gasteiger charge is 2.21. The van der Waals surface area contributed by atoms with Crippen LogP contribution in [-0.2, 0) is 9.84 Å². The van der Waals surface area contributed by atoms with Crippen LogP contribution in [-0.4, -0.2) is 35.5 Å². The fourth-order valence-electron chi connectivity index (χ4n) is 4.45. The van der Waals surface area contributed by atoms with Crippen molar-refractivity contribution in [3.8, 4) is 33.7 Å². The van der Waals surface area contributed by atoms with E-state index in [1.165, 1.54) is 6.26 Å². The minimum absolute atomic E-state index is 0.142. The van der Waals surface area contributed by atoms with Crippen LogP contribution in [0.2, 0.25) is 0 Å². The Bertz CT molecular complexity index is 1660. The molecule has 8 heteroatoms. The molecule has 0 aliphatic carbocycles. The van der Waals surface area contributed by atoms with Crippen LogP contribution in [0.25, 0.3) is 39.0 Å². The predicted octanol–water partition coefficient (Wildman–Crippen LogP) is 6.16. The molecule has 0 saturated heterocycles. The highest BCUT2D eigenvalue weighted by molar-refractivity contribution is 7.90. The van der Waals surface area contributed by atoms with Crippen LogP contribution < -0.4 is 4.74 Å². The number of hydrogen-bond donors (Lipinski definition) is 0. The Morgan fingerprint density at radius 3 is 2.39 bits per heavy atom. The molecule has 0 unspecified atom stereocenters. The summed E-state index contributed by atoms with van der Waals surface area (Å²) >= 11 is 0. The van der Waals surface area contributed by atoms with Gasteiger partial charge in [-0.15, -0.1) is 0 Å². The number of ether oxygens (including phenoxy) is 1. The highest BCUT2D eigenvalue weighted by atomic mass is 32.2. The van der Waals surface area contributed by atoms with Crippen molar-refractivity contribution in [1.82, 2.24) is 14.7 Å². The van der Waals surface area contributed by atoms with Gasteiger partial charge in [0, 0.05) is 52.0 Å². The van der Waals surface area contributed by atoms with Gasteiger partial charge in [-0.3, -0.25) is 0 Å². The van der Waals surface area contributed by atoms with Gasteiger partial charge in [-0.2, -0.15) is 0 Å². The van der Waals surface area contributed by atoms with Gasteiger partial charge >= 0.3 is 0 Å². The monoisotopic (exact) mass is 501 g/mol. The summed E-state index contributed by atoms with van der Waals surface area (Å²) in [5.41, 5.74) is 6.00. The number of para-hydroxylation sites is 1. The van der Waals surface area contributed by atoms with Gasteiger partial charge in [-0.25, -0.2) is 13.4 Å². The van der Waals surface area contributed by atoms with Crippen molar-refractivity contribution in [3.63, 3.8) is 0 Å². The number of sulfone groups is 1. The molecule has 7 nitrogen and oxygen atoms in total. The van der Waals surface area contributed by atoms with E-state index in [-0.39, 0.29) is 11.0 Å². The quantitative estimate of drug-likeness (QED) is 0.277. The highest BCUT2D eigenvalue weighted by Crippen LogP contribution is 2.40. The number of aryl methyl sites for hydroxylation is 2. The number of nitrogens with zero attached hydrogens (tertiary/aromatic N) is 3. The standard InChI is InChI=1S/C28H27N3O4S/c1-17(2)34-26-14-22(36(5,32)33)11-12-23(26)25-16-31(21-9-7-6-8-10-21)28-24(25)13-20(15-29-28)27-18(3)30-35-19(27)4/h6-17H,1-5H3. The number of pyridine rings is 1. The van der Waals surface area contributed by atoms with E-state index in [0.29, 0.717) is 5.75 Å². The number of rotatable bonds is 6. The van der Waals surface area contributed by atoms with Crippen LogP contribution in [0, 0.1) is 13.8 Å². The lowest BCUT2D eigenvalue weighted by Gasteiger charge is -2.15. The molecule has 2 aromatic carbocycles. The zero-order chi connectivity index (χ0) is 25.6. The minimum atomic E-state index is -3.40. The van der Waals surface area contributed by atoms with Crippen LogP contribution in [0.15, 0.2) is 76.4 Å². The van der Waals surface area contributed by atoms with Crippen molar-refractivity contribution < 1.29 is 17.7 Å². The third-order valence-corrected chi connectivity index (χ3v) is 7.14. The maximum atomic E-state index is 12.3. The van der Waals surface area contributed by atoms with Gasteiger partial charge in [0.05, 0.1) is 16.7 Å². The first kappa shape index (κ1) is 23.8. The summed E-state index contributed by atoms with van der Waals surface area (Å²) in [5, 5.41) is 5.00. The molecule has 0 atom stereocenters. The van der Waals surface area contributed by atoms with Crippen LogP contribution in [0.3, 0.4) is 0 Å². The lowest BCUT2D eigenvalue weighted by atomic mass is 10.0.